The molecule has 4 N–H and O–H groups in total. The van der Waals surface area contributed by atoms with Crippen LogP contribution in [0.15, 0.2) is 18.2 Å². The Morgan fingerprint density at radius 1 is 1.50 bits per heavy atom. The zero-order chi connectivity index (χ0) is 12.1. The Morgan fingerprint density at radius 2 is 2.19 bits per heavy atom. The van der Waals surface area contributed by atoms with Crippen molar-refractivity contribution in [2.75, 3.05) is 25.2 Å². The number of likely N-dealkylation sites (N-methyl/N-ethyl adjacent to an activating group) is 1. The molecule has 1 atom stereocenters. The van der Waals surface area contributed by atoms with E-state index in [2.05, 4.69) is 10.6 Å². The van der Waals surface area contributed by atoms with E-state index < -0.39 is 0 Å². The van der Waals surface area contributed by atoms with E-state index in [4.69, 9.17) is 10.5 Å². The number of amides is 1. The molecule has 0 radical (unpaired) electrons. The normalized spacial score (nSPS) is 11.7. The quantitative estimate of drug-likeness (QED) is 0.661. The Hall–Kier alpha value is -1.91. The van der Waals surface area contributed by atoms with Crippen LogP contribution in [0.25, 0.3) is 0 Å². The van der Waals surface area contributed by atoms with Crippen molar-refractivity contribution in [2.45, 2.75) is 13.0 Å². The number of nitrogen functional groups attached to an aromatic ring is 1. The van der Waals surface area contributed by atoms with Crippen LogP contribution in [0.4, 0.5) is 11.4 Å². The lowest BCUT2D eigenvalue weighted by atomic mass is 10.2. The number of benzene rings is 1. The summed E-state index contributed by atoms with van der Waals surface area (Å²) < 4.78 is 5.04. The van der Waals surface area contributed by atoms with Gasteiger partial charge in [0.2, 0.25) is 5.91 Å². The molecule has 1 amide bonds. The minimum absolute atomic E-state index is 0.0878. The second kappa shape index (κ2) is 5.25. The number of rotatable bonds is 4. The monoisotopic (exact) mass is 223 g/mol. The number of carbonyl (C=O) groups excluding carboxylic acids is 1. The molecule has 16 heavy (non-hydrogen) atoms. The van der Waals surface area contributed by atoms with Crippen LogP contribution >= 0.6 is 0 Å². The molecule has 0 fully saturated rings. The number of hydrogen-bond donors (Lipinski definition) is 3. The van der Waals surface area contributed by atoms with Crippen molar-refractivity contribution in [2.24, 2.45) is 0 Å². The molecule has 1 aromatic rings. The van der Waals surface area contributed by atoms with Crippen molar-refractivity contribution >= 4 is 17.3 Å². The van der Waals surface area contributed by atoms with Gasteiger partial charge in [0.25, 0.3) is 0 Å². The van der Waals surface area contributed by atoms with E-state index in [-0.39, 0.29) is 11.9 Å². The van der Waals surface area contributed by atoms with E-state index >= 15 is 0 Å². The van der Waals surface area contributed by atoms with E-state index in [1.807, 2.05) is 0 Å². The van der Waals surface area contributed by atoms with Crippen LogP contribution in [-0.2, 0) is 4.79 Å². The van der Waals surface area contributed by atoms with Gasteiger partial charge in [0.15, 0.2) is 0 Å². The molecule has 1 rings (SSSR count). The van der Waals surface area contributed by atoms with Gasteiger partial charge in [0.1, 0.15) is 11.8 Å². The average Bonchev–Trinajstić information content (AvgIpc) is 2.30. The predicted molar refractivity (Wildman–Crippen MR) is 64.6 cm³/mol. The van der Waals surface area contributed by atoms with Crippen LogP contribution in [0.5, 0.6) is 5.75 Å². The summed E-state index contributed by atoms with van der Waals surface area (Å²) in [7, 11) is 3.17. The molecule has 0 aliphatic carbocycles. The first-order valence-corrected chi connectivity index (χ1v) is 5.00. The Morgan fingerprint density at radius 3 is 2.69 bits per heavy atom. The summed E-state index contributed by atoms with van der Waals surface area (Å²) in [6.07, 6.45) is 0. The molecular formula is C11H17N3O2. The zero-order valence-electron chi connectivity index (χ0n) is 9.70. The molecule has 0 aromatic heterocycles. The van der Waals surface area contributed by atoms with Gasteiger partial charge in [-0.1, -0.05) is 0 Å². The molecule has 0 heterocycles. The molecule has 1 aromatic carbocycles. The smallest absolute Gasteiger partial charge is 0.241 e. The maximum absolute atomic E-state index is 11.3. The topological polar surface area (TPSA) is 76.4 Å². The fraction of sp³-hybridized carbons (Fsp3) is 0.364. The SMILES string of the molecule is CNC(=O)C(C)Nc1ccc(OC)cc1N. The van der Waals surface area contributed by atoms with Crippen molar-refractivity contribution < 1.29 is 9.53 Å². The summed E-state index contributed by atoms with van der Waals surface area (Å²) in [4.78, 5) is 11.3. The van der Waals surface area contributed by atoms with Crippen molar-refractivity contribution in [3.8, 4) is 5.75 Å². The minimum Gasteiger partial charge on any atom is -0.497 e. The standard InChI is InChI=1S/C11H17N3O2/c1-7(11(15)13-2)14-10-5-4-8(16-3)6-9(10)12/h4-7,14H,12H2,1-3H3,(H,13,15). The summed E-state index contributed by atoms with van der Waals surface area (Å²) in [6, 6.07) is 4.95. The molecule has 0 bridgehead atoms. The van der Waals surface area contributed by atoms with E-state index in [0.717, 1.165) is 5.69 Å². The van der Waals surface area contributed by atoms with Gasteiger partial charge in [-0.15, -0.1) is 0 Å². The van der Waals surface area contributed by atoms with Gasteiger partial charge in [0, 0.05) is 13.1 Å². The third-order valence-electron chi connectivity index (χ3n) is 2.27. The summed E-state index contributed by atoms with van der Waals surface area (Å²) in [5.41, 5.74) is 7.08. The molecule has 5 nitrogen and oxygen atoms in total. The third kappa shape index (κ3) is 2.79. The summed E-state index contributed by atoms with van der Waals surface area (Å²) in [5.74, 6) is 0.603. The predicted octanol–water partition coefficient (Wildman–Crippen LogP) is 0.824. The second-order valence-electron chi connectivity index (χ2n) is 3.43. The molecule has 0 saturated carbocycles. The van der Waals surface area contributed by atoms with Gasteiger partial charge in [0.05, 0.1) is 18.5 Å². The highest BCUT2D eigenvalue weighted by Crippen LogP contribution is 2.24. The van der Waals surface area contributed by atoms with Crippen molar-refractivity contribution in [1.82, 2.24) is 5.32 Å². The number of anilines is 2. The molecule has 0 saturated heterocycles. The fourth-order valence-corrected chi connectivity index (χ4v) is 1.31. The number of methoxy groups -OCH3 is 1. The molecular weight excluding hydrogens is 206 g/mol. The van der Waals surface area contributed by atoms with Crippen molar-refractivity contribution in [1.29, 1.82) is 0 Å². The number of carbonyl (C=O) groups is 1. The number of ether oxygens (including phenoxy) is 1. The van der Waals surface area contributed by atoms with Crippen LogP contribution in [0.1, 0.15) is 6.92 Å². The third-order valence-corrected chi connectivity index (χ3v) is 2.27. The zero-order valence-corrected chi connectivity index (χ0v) is 9.70. The molecule has 0 spiro atoms. The Kier molecular flexibility index (Phi) is 3.99. The van der Waals surface area contributed by atoms with Crippen LogP contribution in [0, 0.1) is 0 Å². The molecule has 0 aliphatic rings. The molecule has 5 heteroatoms. The minimum atomic E-state index is -0.333. The van der Waals surface area contributed by atoms with E-state index in [1.54, 1.807) is 39.3 Å². The van der Waals surface area contributed by atoms with Gasteiger partial charge in [-0.25, -0.2) is 0 Å². The summed E-state index contributed by atoms with van der Waals surface area (Å²) in [6.45, 7) is 1.77. The van der Waals surface area contributed by atoms with Gasteiger partial charge in [-0.3, -0.25) is 4.79 Å². The number of nitrogens with one attached hydrogen (secondary N) is 2. The highest BCUT2D eigenvalue weighted by molar-refractivity contribution is 5.85. The number of nitrogens with two attached hydrogens (primary N) is 1. The summed E-state index contributed by atoms with van der Waals surface area (Å²) >= 11 is 0. The van der Waals surface area contributed by atoms with E-state index in [1.165, 1.54) is 0 Å². The van der Waals surface area contributed by atoms with Crippen LogP contribution in [0.3, 0.4) is 0 Å². The lowest BCUT2D eigenvalue weighted by Crippen LogP contribution is -2.35. The maximum Gasteiger partial charge on any atom is 0.241 e. The molecule has 1 unspecified atom stereocenters. The first kappa shape index (κ1) is 12.2. The first-order chi connectivity index (χ1) is 7.58. The van der Waals surface area contributed by atoms with Gasteiger partial charge >= 0.3 is 0 Å². The Bertz CT molecular complexity index is 379. The Labute approximate surface area is 95.0 Å². The van der Waals surface area contributed by atoms with Crippen LogP contribution in [0.2, 0.25) is 0 Å². The van der Waals surface area contributed by atoms with Gasteiger partial charge in [-0.05, 0) is 19.1 Å². The first-order valence-electron chi connectivity index (χ1n) is 5.00. The van der Waals surface area contributed by atoms with E-state index in [9.17, 15) is 4.79 Å². The highest BCUT2D eigenvalue weighted by atomic mass is 16.5. The average molecular weight is 223 g/mol. The molecule has 0 aliphatic heterocycles. The molecule has 88 valence electrons. The summed E-state index contributed by atoms with van der Waals surface area (Å²) in [5, 5.41) is 5.58. The van der Waals surface area contributed by atoms with Crippen molar-refractivity contribution in [3.05, 3.63) is 18.2 Å². The maximum atomic E-state index is 11.3. The Balaban J connectivity index is 2.78. The van der Waals surface area contributed by atoms with Crippen LogP contribution < -0.4 is 21.1 Å². The lowest BCUT2D eigenvalue weighted by molar-refractivity contribution is -0.121. The van der Waals surface area contributed by atoms with Crippen molar-refractivity contribution in [3.63, 3.8) is 0 Å². The highest BCUT2D eigenvalue weighted by Gasteiger charge is 2.11. The van der Waals surface area contributed by atoms with Gasteiger partial charge < -0.3 is 21.1 Å². The van der Waals surface area contributed by atoms with Crippen LogP contribution in [-0.4, -0.2) is 26.1 Å². The second-order valence-corrected chi connectivity index (χ2v) is 3.43. The number of hydrogen-bond acceptors (Lipinski definition) is 4. The largest absolute Gasteiger partial charge is 0.497 e. The lowest BCUT2D eigenvalue weighted by Gasteiger charge is -2.15. The fourth-order valence-electron chi connectivity index (χ4n) is 1.31. The van der Waals surface area contributed by atoms with E-state index in [0.29, 0.717) is 11.4 Å². The van der Waals surface area contributed by atoms with Gasteiger partial charge in [-0.2, -0.15) is 0 Å².